The summed E-state index contributed by atoms with van der Waals surface area (Å²) in [6.45, 7) is 3.24. The van der Waals surface area contributed by atoms with E-state index in [0.29, 0.717) is 18.9 Å². The van der Waals surface area contributed by atoms with Crippen molar-refractivity contribution in [2.24, 2.45) is 0 Å². The second-order valence-corrected chi connectivity index (χ2v) is 3.31. The first-order chi connectivity index (χ1) is 6.27. The number of rotatable bonds is 2. The van der Waals surface area contributed by atoms with E-state index in [1.807, 2.05) is 13.0 Å². The summed E-state index contributed by atoms with van der Waals surface area (Å²) in [6.07, 6.45) is 0. The smallest absolute Gasteiger partial charge is 0.146 e. The largest absolute Gasteiger partial charge is 0.377 e. The van der Waals surface area contributed by atoms with Crippen LogP contribution in [0, 0.1) is 12.7 Å². The number of halogens is 1. The van der Waals surface area contributed by atoms with Gasteiger partial charge >= 0.3 is 0 Å². The summed E-state index contributed by atoms with van der Waals surface area (Å²) in [5.41, 5.74) is 1.54. The van der Waals surface area contributed by atoms with Gasteiger partial charge in [-0.05, 0) is 18.6 Å². The molecule has 0 radical (unpaired) electrons. The molecule has 0 aliphatic carbocycles. The number of nitrogens with one attached hydrogen (secondary N) is 1. The average molecular weight is 181 g/mol. The van der Waals surface area contributed by atoms with Crippen molar-refractivity contribution in [1.82, 2.24) is 0 Å². The molecule has 0 atom stereocenters. The molecule has 1 heterocycles. The lowest BCUT2D eigenvalue weighted by atomic mass is 10.1. The van der Waals surface area contributed by atoms with E-state index in [1.54, 1.807) is 6.07 Å². The van der Waals surface area contributed by atoms with Gasteiger partial charge in [-0.25, -0.2) is 4.39 Å². The Labute approximate surface area is 76.7 Å². The number of benzene rings is 1. The van der Waals surface area contributed by atoms with Crippen LogP contribution < -0.4 is 5.32 Å². The van der Waals surface area contributed by atoms with Gasteiger partial charge in [0.05, 0.1) is 24.9 Å². The molecule has 1 fully saturated rings. The maximum atomic E-state index is 13.3. The SMILES string of the molecule is Cc1cccc(F)c1NC1COC1. The Hall–Kier alpha value is -1.09. The molecular weight excluding hydrogens is 169 g/mol. The Morgan fingerprint density at radius 2 is 2.23 bits per heavy atom. The highest BCUT2D eigenvalue weighted by Crippen LogP contribution is 2.21. The van der Waals surface area contributed by atoms with Crippen LogP contribution in [0.3, 0.4) is 0 Å². The lowest BCUT2D eigenvalue weighted by Gasteiger charge is -2.28. The van der Waals surface area contributed by atoms with Crippen molar-refractivity contribution in [1.29, 1.82) is 0 Å². The fourth-order valence-electron chi connectivity index (χ4n) is 1.34. The molecule has 0 bridgehead atoms. The molecule has 2 rings (SSSR count). The van der Waals surface area contributed by atoms with Gasteiger partial charge in [-0.3, -0.25) is 0 Å². The first-order valence-corrected chi connectivity index (χ1v) is 4.37. The Kier molecular flexibility index (Phi) is 2.19. The number of ether oxygens (including phenoxy) is 1. The Balaban J connectivity index is 2.17. The molecule has 1 aliphatic rings. The molecule has 0 aromatic heterocycles. The second-order valence-electron chi connectivity index (χ2n) is 3.31. The average Bonchev–Trinajstić information content (AvgIpc) is 2.00. The van der Waals surface area contributed by atoms with E-state index in [4.69, 9.17) is 4.74 Å². The summed E-state index contributed by atoms with van der Waals surface area (Å²) in [5, 5.41) is 3.11. The Morgan fingerprint density at radius 3 is 2.77 bits per heavy atom. The standard InChI is InChI=1S/C10H12FNO/c1-7-3-2-4-9(11)10(7)12-8-5-13-6-8/h2-4,8,12H,5-6H2,1H3. The van der Waals surface area contributed by atoms with Gasteiger partial charge in [0.1, 0.15) is 5.82 Å². The topological polar surface area (TPSA) is 21.3 Å². The minimum absolute atomic E-state index is 0.188. The summed E-state index contributed by atoms with van der Waals surface area (Å²) >= 11 is 0. The highest BCUT2D eigenvalue weighted by Gasteiger charge is 2.19. The van der Waals surface area contributed by atoms with Crippen molar-refractivity contribution in [2.45, 2.75) is 13.0 Å². The van der Waals surface area contributed by atoms with Crippen LogP contribution >= 0.6 is 0 Å². The quantitative estimate of drug-likeness (QED) is 0.752. The molecule has 1 aliphatic heterocycles. The zero-order valence-electron chi connectivity index (χ0n) is 7.51. The van der Waals surface area contributed by atoms with Gasteiger partial charge in [0.2, 0.25) is 0 Å². The van der Waals surface area contributed by atoms with E-state index in [-0.39, 0.29) is 11.9 Å². The van der Waals surface area contributed by atoms with Gasteiger partial charge in [0.25, 0.3) is 0 Å². The van der Waals surface area contributed by atoms with Crippen LogP contribution in [0.4, 0.5) is 10.1 Å². The van der Waals surface area contributed by atoms with E-state index < -0.39 is 0 Å². The van der Waals surface area contributed by atoms with Crippen molar-refractivity contribution >= 4 is 5.69 Å². The van der Waals surface area contributed by atoms with E-state index in [9.17, 15) is 4.39 Å². The number of aryl methyl sites for hydroxylation is 1. The van der Waals surface area contributed by atoms with Crippen molar-refractivity contribution in [3.05, 3.63) is 29.6 Å². The van der Waals surface area contributed by atoms with Gasteiger partial charge in [-0.2, -0.15) is 0 Å². The van der Waals surface area contributed by atoms with Crippen LogP contribution in [0.2, 0.25) is 0 Å². The van der Waals surface area contributed by atoms with E-state index in [2.05, 4.69) is 5.32 Å². The molecule has 1 saturated heterocycles. The van der Waals surface area contributed by atoms with E-state index >= 15 is 0 Å². The van der Waals surface area contributed by atoms with Crippen LogP contribution in [0.15, 0.2) is 18.2 Å². The van der Waals surface area contributed by atoms with Crippen molar-refractivity contribution in [3.63, 3.8) is 0 Å². The van der Waals surface area contributed by atoms with E-state index in [1.165, 1.54) is 6.07 Å². The first-order valence-electron chi connectivity index (χ1n) is 4.37. The van der Waals surface area contributed by atoms with Gasteiger partial charge < -0.3 is 10.1 Å². The maximum absolute atomic E-state index is 13.3. The summed E-state index contributed by atoms with van der Waals surface area (Å²) in [5.74, 6) is -0.188. The molecule has 0 spiro atoms. The highest BCUT2D eigenvalue weighted by atomic mass is 19.1. The number of hydrogen-bond donors (Lipinski definition) is 1. The summed E-state index contributed by atoms with van der Waals surface area (Å²) in [7, 11) is 0. The molecule has 70 valence electrons. The predicted octanol–water partition coefficient (Wildman–Crippen LogP) is 1.94. The molecule has 1 N–H and O–H groups in total. The summed E-state index contributed by atoms with van der Waals surface area (Å²) < 4.78 is 18.3. The maximum Gasteiger partial charge on any atom is 0.146 e. The zero-order valence-corrected chi connectivity index (χ0v) is 7.51. The van der Waals surface area contributed by atoms with Crippen molar-refractivity contribution in [3.8, 4) is 0 Å². The van der Waals surface area contributed by atoms with Gasteiger partial charge in [0, 0.05) is 0 Å². The monoisotopic (exact) mass is 181 g/mol. The highest BCUT2D eigenvalue weighted by molar-refractivity contribution is 5.52. The van der Waals surface area contributed by atoms with Crippen molar-refractivity contribution in [2.75, 3.05) is 18.5 Å². The molecule has 13 heavy (non-hydrogen) atoms. The minimum atomic E-state index is -0.188. The lowest BCUT2D eigenvalue weighted by Crippen LogP contribution is -2.40. The van der Waals surface area contributed by atoms with Crippen LogP contribution in [-0.2, 0) is 4.74 Å². The number of para-hydroxylation sites is 1. The molecule has 0 saturated carbocycles. The normalized spacial score (nSPS) is 16.8. The van der Waals surface area contributed by atoms with Crippen LogP contribution in [0.25, 0.3) is 0 Å². The Morgan fingerprint density at radius 1 is 1.46 bits per heavy atom. The third kappa shape index (κ3) is 1.65. The zero-order chi connectivity index (χ0) is 9.26. The molecular formula is C10H12FNO. The fraction of sp³-hybridized carbons (Fsp3) is 0.400. The number of anilines is 1. The molecule has 3 heteroatoms. The summed E-state index contributed by atoms with van der Waals surface area (Å²) in [4.78, 5) is 0. The minimum Gasteiger partial charge on any atom is -0.377 e. The third-order valence-corrected chi connectivity index (χ3v) is 2.21. The molecule has 1 aromatic rings. The third-order valence-electron chi connectivity index (χ3n) is 2.21. The van der Waals surface area contributed by atoms with Gasteiger partial charge in [-0.15, -0.1) is 0 Å². The Bertz CT molecular complexity index is 290. The predicted molar refractivity (Wildman–Crippen MR) is 49.4 cm³/mol. The van der Waals surface area contributed by atoms with Gasteiger partial charge in [0.15, 0.2) is 0 Å². The van der Waals surface area contributed by atoms with Crippen LogP contribution in [-0.4, -0.2) is 19.3 Å². The van der Waals surface area contributed by atoms with Crippen LogP contribution in [0.1, 0.15) is 5.56 Å². The van der Waals surface area contributed by atoms with Crippen LogP contribution in [0.5, 0.6) is 0 Å². The lowest BCUT2D eigenvalue weighted by molar-refractivity contribution is 0.0209. The summed E-state index contributed by atoms with van der Waals surface area (Å²) in [6, 6.07) is 5.35. The molecule has 0 unspecified atom stereocenters. The van der Waals surface area contributed by atoms with E-state index in [0.717, 1.165) is 5.56 Å². The molecule has 1 aromatic carbocycles. The molecule has 2 nitrogen and oxygen atoms in total. The second kappa shape index (κ2) is 3.34. The van der Waals surface area contributed by atoms with Gasteiger partial charge in [-0.1, -0.05) is 12.1 Å². The first kappa shape index (κ1) is 8.51. The fourth-order valence-corrected chi connectivity index (χ4v) is 1.34. The van der Waals surface area contributed by atoms with Crippen molar-refractivity contribution < 1.29 is 9.13 Å². The number of hydrogen-bond acceptors (Lipinski definition) is 2. The molecule has 0 amide bonds.